The van der Waals surface area contributed by atoms with Crippen molar-refractivity contribution in [3.05, 3.63) is 35.9 Å². The van der Waals surface area contributed by atoms with Crippen LogP contribution >= 0.6 is 0 Å². The second-order valence-electron chi connectivity index (χ2n) is 4.06. The Bertz CT molecular complexity index is 513. The molecule has 0 saturated heterocycles. The highest BCUT2D eigenvalue weighted by atomic mass is 16.7. The van der Waals surface area contributed by atoms with Crippen molar-refractivity contribution in [3.8, 4) is 0 Å². The lowest BCUT2D eigenvalue weighted by molar-refractivity contribution is -0.199. The molecule has 120 valence electrons. The number of nitrogens with one attached hydrogen (secondary N) is 1. The summed E-state index contributed by atoms with van der Waals surface area (Å²) in [6, 6.07) is 6.74. The number of amides is 2. The summed E-state index contributed by atoms with van der Waals surface area (Å²) in [7, 11) is 0. The van der Waals surface area contributed by atoms with Gasteiger partial charge in [0.25, 0.3) is 0 Å². The van der Waals surface area contributed by atoms with Gasteiger partial charge in [-0.15, -0.1) is 0 Å². The van der Waals surface area contributed by atoms with E-state index in [1.165, 1.54) is 12.1 Å². The number of hydroxylamine groups is 1. The SMILES string of the molecule is CCOC(=O)C(ONC(N)=O)(C(=O)OCC)c1ccccc1. The van der Waals surface area contributed by atoms with Crippen molar-refractivity contribution in [1.82, 2.24) is 5.48 Å². The lowest BCUT2D eigenvalue weighted by atomic mass is 9.94. The Labute approximate surface area is 127 Å². The maximum Gasteiger partial charge on any atom is 0.357 e. The predicted molar refractivity (Wildman–Crippen MR) is 75.2 cm³/mol. The summed E-state index contributed by atoms with van der Waals surface area (Å²) < 4.78 is 9.81. The first-order chi connectivity index (χ1) is 10.5. The fraction of sp³-hybridized carbons (Fsp3) is 0.357. The number of carbonyl (C=O) groups is 3. The topological polar surface area (TPSA) is 117 Å². The van der Waals surface area contributed by atoms with E-state index < -0.39 is 23.6 Å². The molecule has 0 bridgehead atoms. The van der Waals surface area contributed by atoms with E-state index >= 15 is 0 Å². The number of nitrogens with two attached hydrogens (primary N) is 1. The van der Waals surface area contributed by atoms with Gasteiger partial charge in [0.1, 0.15) is 0 Å². The van der Waals surface area contributed by atoms with Crippen molar-refractivity contribution in [1.29, 1.82) is 0 Å². The van der Waals surface area contributed by atoms with Crippen LogP contribution in [0.25, 0.3) is 0 Å². The fourth-order valence-corrected chi connectivity index (χ4v) is 1.73. The van der Waals surface area contributed by atoms with Crippen molar-refractivity contribution in [2.24, 2.45) is 5.73 Å². The second kappa shape index (κ2) is 7.99. The van der Waals surface area contributed by atoms with Crippen LogP contribution in [0.1, 0.15) is 19.4 Å². The van der Waals surface area contributed by atoms with Gasteiger partial charge in [0.15, 0.2) is 0 Å². The van der Waals surface area contributed by atoms with Crippen LogP contribution in [-0.4, -0.2) is 31.2 Å². The molecule has 8 heteroatoms. The Morgan fingerprint density at radius 1 is 1.05 bits per heavy atom. The van der Waals surface area contributed by atoms with Gasteiger partial charge >= 0.3 is 23.6 Å². The van der Waals surface area contributed by atoms with Gasteiger partial charge in [-0.25, -0.2) is 24.7 Å². The monoisotopic (exact) mass is 310 g/mol. The minimum atomic E-state index is -2.29. The zero-order valence-electron chi connectivity index (χ0n) is 12.3. The molecule has 22 heavy (non-hydrogen) atoms. The first-order valence-electron chi connectivity index (χ1n) is 6.62. The minimum Gasteiger partial charge on any atom is -0.463 e. The average Bonchev–Trinajstić information content (AvgIpc) is 2.49. The third-order valence-corrected chi connectivity index (χ3v) is 2.61. The molecule has 0 radical (unpaired) electrons. The van der Waals surface area contributed by atoms with Crippen molar-refractivity contribution < 1.29 is 28.7 Å². The molecule has 0 heterocycles. The Balaban J connectivity index is 3.37. The first-order valence-corrected chi connectivity index (χ1v) is 6.62. The number of benzene rings is 1. The average molecular weight is 310 g/mol. The Morgan fingerprint density at radius 2 is 1.55 bits per heavy atom. The molecule has 3 N–H and O–H groups in total. The van der Waals surface area contributed by atoms with Crippen LogP contribution < -0.4 is 11.2 Å². The molecule has 8 nitrogen and oxygen atoms in total. The van der Waals surface area contributed by atoms with E-state index in [0.717, 1.165) is 0 Å². The molecular weight excluding hydrogens is 292 g/mol. The van der Waals surface area contributed by atoms with E-state index in [2.05, 4.69) is 0 Å². The van der Waals surface area contributed by atoms with Crippen LogP contribution in [0.4, 0.5) is 4.79 Å². The molecule has 0 aromatic heterocycles. The van der Waals surface area contributed by atoms with E-state index in [9.17, 15) is 14.4 Å². The lowest BCUT2D eigenvalue weighted by Crippen LogP contribution is -2.53. The molecule has 2 amide bonds. The highest BCUT2D eigenvalue weighted by molar-refractivity contribution is 6.04. The summed E-state index contributed by atoms with van der Waals surface area (Å²) in [6.07, 6.45) is 0. The van der Waals surface area contributed by atoms with Crippen LogP contribution in [0.3, 0.4) is 0 Å². The summed E-state index contributed by atoms with van der Waals surface area (Å²) >= 11 is 0. The van der Waals surface area contributed by atoms with Gasteiger partial charge in [-0.1, -0.05) is 30.3 Å². The van der Waals surface area contributed by atoms with Crippen molar-refractivity contribution >= 4 is 18.0 Å². The van der Waals surface area contributed by atoms with Gasteiger partial charge in [0, 0.05) is 5.56 Å². The van der Waals surface area contributed by atoms with Gasteiger partial charge < -0.3 is 15.2 Å². The molecule has 0 aliphatic heterocycles. The molecule has 0 aliphatic rings. The van der Waals surface area contributed by atoms with Gasteiger partial charge in [-0.05, 0) is 13.8 Å². The van der Waals surface area contributed by atoms with Crippen molar-refractivity contribution in [3.63, 3.8) is 0 Å². The number of rotatable bonds is 7. The number of hydrogen-bond donors (Lipinski definition) is 2. The summed E-state index contributed by atoms with van der Waals surface area (Å²) in [6.45, 7) is 3.15. The van der Waals surface area contributed by atoms with Gasteiger partial charge in [-0.3, -0.25) is 0 Å². The Morgan fingerprint density at radius 3 is 1.95 bits per heavy atom. The van der Waals surface area contributed by atoms with Crippen LogP contribution in [0.15, 0.2) is 30.3 Å². The van der Waals surface area contributed by atoms with Crippen LogP contribution in [0.2, 0.25) is 0 Å². The Kier molecular flexibility index (Phi) is 6.33. The molecule has 0 atom stereocenters. The maximum absolute atomic E-state index is 12.4. The summed E-state index contributed by atoms with van der Waals surface area (Å²) in [4.78, 5) is 40.7. The standard InChI is InChI=1S/C14H18N2O6/c1-3-20-11(17)14(12(18)21-4-2,22-16-13(15)19)10-8-6-5-7-9-10/h5-9H,3-4H2,1-2H3,(H3,15,16,19). The quantitative estimate of drug-likeness (QED) is 0.433. The van der Waals surface area contributed by atoms with Gasteiger partial charge in [0.2, 0.25) is 0 Å². The smallest absolute Gasteiger partial charge is 0.357 e. The van der Waals surface area contributed by atoms with Gasteiger partial charge in [-0.2, -0.15) is 0 Å². The third-order valence-electron chi connectivity index (χ3n) is 2.61. The molecule has 0 saturated carbocycles. The van der Waals surface area contributed by atoms with Crippen LogP contribution in [0.5, 0.6) is 0 Å². The molecule has 0 aliphatic carbocycles. The summed E-state index contributed by atoms with van der Waals surface area (Å²) in [5.41, 5.74) is 4.60. The number of hydrogen-bond acceptors (Lipinski definition) is 6. The third kappa shape index (κ3) is 3.73. The highest BCUT2D eigenvalue weighted by Gasteiger charge is 2.53. The van der Waals surface area contributed by atoms with Crippen LogP contribution in [-0.2, 0) is 29.5 Å². The molecule has 1 rings (SSSR count). The van der Waals surface area contributed by atoms with Gasteiger partial charge in [0.05, 0.1) is 13.2 Å². The molecule has 0 fully saturated rings. The summed E-state index contributed by atoms with van der Waals surface area (Å²) in [5.74, 6) is -2.04. The Hall–Kier alpha value is -2.61. The maximum atomic E-state index is 12.4. The zero-order chi connectivity index (χ0) is 16.6. The number of urea groups is 1. The summed E-state index contributed by atoms with van der Waals surface area (Å²) in [5, 5.41) is 0. The van der Waals surface area contributed by atoms with E-state index in [-0.39, 0.29) is 18.8 Å². The number of primary amides is 1. The minimum absolute atomic E-state index is 0.00670. The first kappa shape index (κ1) is 17.4. The number of esters is 2. The normalized spacial score (nSPS) is 10.6. The number of ether oxygens (including phenoxy) is 2. The molecule has 0 spiro atoms. The molecule has 1 aromatic carbocycles. The molecule has 1 aromatic rings. The number of carbonyl (C=O) groups excluding carboxylic acids is 3. The van der Waals surface area contributed by atoms with E-state index in [0.29, 0.717) is 0 Å². The highest BCUT2D eigenvalue weighted by Crippen LogP contribution is 2.28. The van der Waals surface area contributed by atoms with Crippen LogP contribution in [0, 0.1) is 0 Å². The fourth-order valence-electron chi connectivity index (χ4n) is 1.73. The molecular formula is C14H18N2O6. The lowest BCUT2D eigenvalue weighted by Gasteiger charge is -2.28. The second-order valence-corrected chi connectivity index (χ2v) is 4.06. The van der Waals surface area contributed by atoms with E-state index in [4.69, 9.17) is 20.0 Å². The molecule has 0 unspecified atom stereocenters. The zero-order valence-corrected chi connectivity index (χ0v) is 12.3. The van der Waals surface area contributed by atoms with Crippen molar-refractivity contribution in [2.45, 2.75) is 19.4 Å². The van der Waals surface area contributed by atoms with E-state index in [1.807, 2.05) is 0 Å². The van der Waals surface area contributed by atoms with Crippen molar-refractivity contribution in [2.75, 3.05) is 13.2 Å². The van der Waals surface area contributed by atoms with E-state index in [1.54, 1.807) is 37.5 Å². The predicted octanol–water partition coefficient (Wildman–Crippen LogP) is 0.608. The largest absolute Gasteiger partial charge is 0.463 e.